The Morgan fingerprint density at radius 3 is 2.83 bits per heavy atom. The van der Waals surface area contributed by atoms with Crippen LogP contribution in [0.2, 0.25) is 0 Å². The van der Waals surface area contributed by atoms with Gasteiger partial charge in [-0.2, -0.15) is 0 Å². The fraction of sp³-hybridized carbons (Fsp3) is 0.0833. The van der Waals surface area contributed by atoms with Crippen LogP contribution < -0.4 is 10.3 Å². The Morgan fingerprint density at radius 2 is 2.17 bits per heavy atom. The summed E-state index contributed by atoms with van der Waals surface area (Å²) in [6.07, 6.45) is 0. The van der Waals surface area contributed by atoms with Gasteiger partial charge in [-0.15, -0.1) is 0 Å². The largest absolute Gasteiger partial charge is 0.497 e. The second-order valence-electron chi connectivity index (χ2n) is 3.52. The average Bonchev–Trinajstić information content (AvgIpc) is 2.38. The van der Waals surface area contributed by atoms with Gasteiger partial charge in [-0.25, -0.2) is 9.78 Å². The van der Waals surface area contributed by atoms with Gasteiger partial charge in [-0.05, 0) is 12.1 Å². The maximum atomic E-state index is 11.4. The van der Waals surface area contributed by atoms with E-state index in [4.69, 9.17) is 9.84 Å². The van der Waals surface area contributed by atoms with Crippen molar-refractivity contribution in [3.05, 3.63) is 46.4 Å². The summed E-state index contributed by atoms with van der Waals surface area (Å²) >= 11 is 0. The lowest BCUT2D eigenvalue weighted by Crippen LogP contribution is -2.13. The normalized spacial score (nSPS) is 10.1. The van der Waals surface area contributed by atoms with Crippen molar-refractivity contribution in [2.24, 2.45) is 0 Å². The molecule has 0 unspecified atom stereocenters. The molecule has 0 amide bonds. The molecule has 1 aromatic carbocycles. The van der Waals surface area contributed by atoms with Crippen LogP contribution in [-0.4, -0.2) is 28.2 Å². The number of H-pyrrole nitrogens is 1. The zero-order chi connectivity index (χ0) is 13.1. The molecule has 92 valence electrons. The van der Waals surface area contributed by atoms with Gasteiger partial charge in [0, 0.05) is 11.6 Å². The summed E-state index contributed by atoms with van der Waals surface area (Å²) in [5.41, 5.74) is -0.230. The van der Waals surface area contributed by atoms with Crippen molar-refractivity contribution in [3.8, 4) is 17.1 Å². The summed E-state index contributed by atoms with van der Waals surface area (Å²) in [6.45, 7) is 0. The minimum absolute atomic E-state index is 0.193. The van der Waals surface area contributed by atoms with E-state index in [1.165, 1.54) is 7.11 Å². The first kappa shape index (κ1) is 11.8. The van der Waals surface area contributed by atoms with E-state index in [2.05, 4.69) is 9.97 Å². The predicted molar refractivity (Wildman–Crippen MR) is 63.8 cm³/mol. The molecular weight excluding hydrogens is 236 g/mol. The Balaban J connectivity index is 2.56. The number of ether oxygens (including phenoxy) is 1. The van der Waals surface area contributed by atoms with E-state index in [0.29, 0.717) is 11.3 Å². The molecule has 0 saturated carbocycles. The van der Waals surface area contributed by atoms with Crippen LogP contribution in [0.3, 0.4) is 0 Å². The van der Waals surface area contributed by atoms with Crippen molar-refractivity contribution >= 4 is 5.97 Å². The summed E-state index contributed by atoms with van der Waals surface area (Å²) < 4.78 is 5.05. The van der Waals surface area contributed by atoms with Gasteiger partial charge in [-0.3, -0.25) is 4.79 Å². The molecule has 2 aromatic rings. The number of aromatic nitrogens is 2. The predicted octanol–water partition coefficient (Wildman–Crippen LogP) is 1.14. The summed E-state index contributed by atoms with van der Waals surface area (Å²) in [4.78, 5) is 28.5. The van der Waals surface area contributed by atoms with Crippen molar-refractivity contribution in [2.75, 3.05) is 7.11 Å². The maximum absolute atomic E-state index is 11.4. The van der Waals surface area contributed by atoms with Gasteiger partial charge in [0.15, 0.2) is 5.69 Å². The summed E-state index contributed by atoms with van der Waals surface area (Å²) in [5.74, 6) is -0.458. The Bertz CT molecular complexity index is 649. The molecular formula is C12H10N2O4. The van der Waals surface area contributed by atoms with Crippen LogP contribution >= 0.6 is 0 Å². The highest BCUT2D eigenvalue weighted by Crippen LogP contribution is 2.19. The molecule has 0 saturated heterocycles. The number of carbonyl (C=O) groups is 1. The van der Waals surface area contributed by atoms with Gasteiger partial charge >= 0.3 is 5.97 Å². The SMILES string of the molecule is COc1cccc(-c2nc(C(=O)O)cc(=O)[nH]2)c1. The number of carboxylic acids is 1. The quantitative estimate of drug-likeness (QED) is 0.847. The molecule has 0 aliphatic heterocycles. The van der Waals surface area contributed by atoms with E-state index in [1.807, 2.05) is 0 Å². The summed E-state index contributed by atoms with van der Waals surface area (Å²) in [6, 6.07) is 7.76. The van der Waals surface area contributed by atoms with Crippen LogP contribution in [0.25, 0.3) is 11.4 Å². The number of hydrogen-bond acceptors (Lipinski definition) is 4. The highest BCUT2D eigenvalue weighted by molar-refractivity contribution is 5.85. The van der Waals surface area contributed by atoms with E-state index in [1.54, 1.807) is 24.3 Å². The zero-order valence-corrected chi connectivity index (χ0v) is 9.51. The number of hydrogen-bond donors (Lipinski definition) is 2. The van der Waals surface area contributed by atoms with Crippen LogP contribution in [0.1, 0.15) is 10.5 Å². The first-order chi connectivity index (χ1) is 8.60. The van der Waals surface area contributed by atoms with Crippen molar-refractivity contribution < 1.29 is 14.6 Å². The van der Waals surface area contributed by atoms with Crippen molar-refractivity contribution in [3.63, 3.8) is 0 Å². The Kier molecular flexibility index (Phi) is 3.09. The molecule has 2 rings (SSSR count). The molecule has 2 N–H and O–H groups in total. The van der Waals surface area contributed by atoms with Gasteiger partial charge in [0.1, 0.15) is 11.6 Å². The van der Waals surface area contributed by atoms with Gasteiger partial charge in [0.25, 0.3) is 5.56 Å². The van der Waals surface area contributed by atoms with Gasteiger partial charge < -0.3 is 14.8 Å². The maximum Gasteiger partial charge on any atom is 0.354 e. The number of aromatic carboxylic acids is 1. The Morgan fingerprint density at radius 1 is 1.39 bits per heavy atom. The molecule has 6 heteroatoms. The molecule has 0 spiro atoms. The van der Waals surface area contributed by atoms with Crippen molar-refractivity contribution in [2.45, 2.75) is 0 Å². The standard InChI is InChI=1S/C12H10N2O4/c1-18-8-4-2-3-7(5-8)11-13-9(12(16)17)6-10(15)14-11/h2-6H,1H3,(H,16,17)(H,13,14,15). The first-order valence-electron chi connectivity index (χ1n) is 5.09. The molecule has 0 aliphatic rings. The lowest BCUT2D eigenvalue weighted by Gasteiger charge is -2.04. The van der Waals surface area contributed by atoms with E-state index in [0.717, 1.165) is 6.07 Å². The second kappa shape index (κ2) is 4.70. The van der Waals surface area contributed by atoms with Crippen molar-refractivity contribution in [1.29, 1.82) is 0 Å². The lowest BCUT2D eigenvalue weighted by atomic mass is 10.2. The smallest absolute Gasteiger partial charge is 0.354 e. The molecule has 1 heterocycles. The Labute approximate surface area is 102 Å². The molecule has 1 aromatic heterocycles. The molecule has 0 fully saturated rings. The third-order valence-electron chi connectivity index (χ3n) is 2.30. The first-order valence-corrected chi connectivity index (χ1v) is 5.09. The summed E-state index contributed by atoms with van der Waals surface area (Å²) in [7, 11) is 1.52. The van der Waals surface area contributed by atoms with E-state index >= 15 is 0 Å². The monoisotopic (exact) mass is 246 g/mol. The molecule has 6 nitrogen and oxygen atoms in total. The van der Waals surface area contributed by atoms with Gasteiger partial charge in [0.2, 0.25) is 0 Å². The van der Waals surface area contributed by atoms with E-state index in [-0.39, 0.29) is 11.5 Å². The van der Waals surface area contributed by atoms with Gasteiger partial charge in [0.05, 0.1) is 7.11 Å². The molecule has 0 bridgehead atoms. The molecule has 0 atom stereocenters. The number of methoxy groups -OCH3 is 1. The highest BCUT2D eigenvalue weighted by Gasteiger charge is 2.09. The molecule has 0 radical (unpaired) electrons. The minimum Gasteiger partial charge on any atom is -0.497 e. The van der Waals surface area contributed by atoms with Crippen LogP contribution in [-0.2, 0) is 0 Å². The minimum atomic E-state index is -1.25. The van der Waals surface area contributed by atoms with E-state index < -0.39 is 11.5 Å². The molecule has 18 heavy (non-hydrogen) atoms. The number of nitrogens with one attached hydrogen (secondary N) is 1. The lowest BCUT2D eigenvalue weighted by molar-refractivity contribution is 0.0690. The third kappa shape index (κ3) is 2.37. The topological polar surface area (TPSA) is 92.3 Å². The number of nitrogens with zero attached hydrogens (tertiary/aromatic N) is 1. The van der Waals surface area contributed by atoms with Crippen LogP contribution in [0.4, 0.5) is 0 Å². The fourth-order valence-electron chi connectivity index (χ4n) is 1.47. The van der Waals surface area contributed by atoms with Crippen LogP contribution in [0.5, 0.6) is 5.75 Å². The fourth-order valence-corrected chi connectivity index (χ4v) is 1.47. The van der Waals surface area contributed by atoms with Crippen molar-refractivity contribution in [1.82, 2.24) is 9.97 Å². The molecule has 0 aliphatic carbocycles. The average molecular weight is 246 g/mol. The summed E-state index contributed by atoms with van der Waals surface area (Å²) in [5, 5.41) is 8.84. The Hall–Kier alpha value is -2.63. The van der Waals surface area contributed by atoms with E-state index in [9.17, 15) is 9.59 Å². The highest BCUT2D eigenvalue weighted by atomic mass is 16.5. The number of rotatable bonds is 3. The van der Waals surface area contributed by atoms with Gasteiger partial charge in [-0.1, -0.05) is 12.1 Å². The number of benzene rings is 1. The second-order valence-corrected chi connectivity index (χ2v) is 3.52. The number of aromatic amines is 1. The number of carboxylic acid groups (broad SMARTS) is 1. The van der Waals surface area contributed by atoms with Crippen LogP contribution in [0, 0.1) is 0 Å². The van der Waals surface area contributed by atoms with Crippen LogP contribution in [0.15, 0.2) is 35.1 Å². The third-order valence-corrected chi connectivity index (χ3v) is 2.30. The zero-order valence-electron chi connectivity index (χ0n) is 9.51.